The van der Waals surface area contributed by atoms with Crippen LogP contribution in [0.15, 0.2) is 16.7 Å². The summed E-state index contributed by atoms with van der Waals surface area (Å²) in [4.78, 5) is 26.2. The van der Waals surface area contributed by atoms with Crippen molar-refractivity contribution in [2.75, 3.05) is 26.8 Å². The number of ether oxygens (including phenoxy) is 1. The molecular weight excluding hydrogens is 296 g/mol. The summed E-state index contributed by atoms with van der Waals surface area (Å²) in [5.41, 5.74) is 0.525. The molecule has 0 aliphatic heterocycles. The van der Waals surface area contributed by atoms with Crippen molar-refractivity contribution in [3.63, 3.8) is 0 Å². The molecule has 0 aromatic carbocycles. The lowest BCUT2D eigenvalue weighted by atomic mass is 10.1. The fourth-order valence-corrected chi connectivity index (χ4v) is 2.02. The Balaban J connectivity index is 2.63. The van der Waals surface area contributed by atoms with E-state index in [9.17, 15) is 9.59 Å². The van der Waals surface area contributed by atoms with Crippen molar-refractivity contribution in [3.8, 4) is 0 Å². The lowest BCUT2D eigenvalue weighted by Crippen LogP contribution is -2.40. The van der Waals surface area contributed by atoms with Crippen molar-refractivity contribution < 1.29 is 18.7 Å². The second-order valence-corrected chi connectivity index (χ2v) is 6.03. The highest BCUT2D eigenvalue weighted by Gasteiger charge is 2.20. The summed E-state index contributed by atoms with van der Waals surface area (Å²) in [5, 5.41) is 2.95. The highest BCUT2D eigenvalue weighted by atomic mass is 16.5. The van der Waals surface area contributed by atoms with Gasteiger partial charge in [-0.3, -0.25) is 9.59 Å². The molecule has 0 aliphatic rings. The Kier molecular flexibility index (Phi) is 7.81. The fraction of sp³-hybridized carbons (Fsp3) is 0.647. The normalized spacial score (nSPS) is 12.3. The number of methoxy groups -OCH3 is 1. The lowest BCUT2D eigenvalue weighted by molar-refractivity contribution is -0.122. The van der Waals surface area contributed by atoms with Gasteiger partial charge in [0, 0.05) is 32.7 Å². The van der Waals surface area contributed by atoms with Gasteiger partial charge in [-0.05, 0) is 25.8 Å². The minimum Gasteiger partial charge on any atom is -0.469 e. The van der Waals surface area contributed by atoms with Gasteiger partial charge in [0.05, 0.1) is 18.4 Å². The standard InChI is InChI=1S/C17H28N2O4/c1-12(2)13(3)18-16(20)6-8-19(9-11-22-5)17(21)15-7-10-23-14(15)4/h7,10,12-13H,6,8-9,11H2,1-5H3,(H,18,20). The molecule has 1 unspecified atom stereocenters. The number of amides is 2. The SMILES string of the molecule is COCCN(CCC(=O)NC(C)C(C)C)C(=O)c1ccoc1C. The zero-order valence-electron chi connectivity index (χ0n) is 14.7. The van der Waals surface area contributed by atoms with Crippen molar-refractivity contribution in [3.05, 3.63) is 23.7 Å². The number of hydrogen-bond donors (Lipinski definition) is 1. The number of carbonyl (C=O) groups is 2. The minimum absolute atomic E-state index is 0.0506. The molecule has 1 atom stereocenters. The first-order valence-corrected chi connectivity index (χ1v) is 7.98. The van der Waals surface area contributed by atoms with Gasteiger partial charge in [0.15, 0.2) is 0 Å². The molecule has 130 valence electrons. The van der Waals surface area contributed by atoms with E-state index in [0.717, 1.165) is 0 Å². The molecule has 0 radical (unpaired) electrons. The van der Waals surface area contributed by atoms with Crippen LogP contribution in [0.25, 0.3) is 0 Å². The molecule has 0 saturated heterocycles. The summed E-state index contributed by atoms with van der Waals surface area (Å²) in [6.07, 6.45) is 1.76. The first-order chi connectivity index (χ1) is 10.9. The summed E-state index contributed by atoms with van der Waals surface area (Å²) in [7, 11) is 1.59. The maximum atomic E-state index is 12.6. The molecule has 0 fully saturated rings. The quantitative estimate of drug-likeness (QED) is 0.756. The van der Waals surface area contributed by atoms with Crippen LogP contribution in [-0.2, 0) is 9.53 Å². The van der Waals surface area contributed by atoms with Crippen molar-refractivity contribution in [1.29, 1.82) is 0 Å². The maximum absolute atomic E-state index is 12.6. The van der Waals surface area contributed by atoms with E-state index in [-0.39, 0.29) is 24.3 Å². The highest BCUT2D eigenvalue weighted by Crippen LogP contribution is 2.12. The van der Waals surface area contributed by atoms with Gasteiger partial charge in [0.2, 0.25) is 5.91 Å². The molecule has 0 saturated carbocycles. The van der Waals surface area contributed by atoms with Crippen LogP contribution in [-0.4, -0.2) is 49.6 Å². The largest absolute Gasteiger partial charge is 0.469 e. The average Bonchev–Trinajstić information content (AvgIpc) is 2.92. The Labute approximate surface area is 138 Å². The number of furan rings is 1. The smallest absolute Gasteiger partial charge is 0.257 e. The third-order valence-electron chi connectivity index (χ3n) is 3.94. The van der Waals surface area contributed by atoms with Crippen LogP contribution in [0.4, 0.5) is 0 Å². The number of aryl methyl sites for hydroxylation is 1. The molecule has 1 aromatic heterocycles. The summed E-state index contributed by atoms with van der Waals surface area (Å²) in [5.74, 6) is 0.761. The zero-order valence-corrected chi connectivity index (χ0v) is 14.7. The third-order valence-corrected chi connectivity index (χ3v) is 3.94. The first-order valence-electron chi connectivity index (χ1n) is 7.98. The molecule has 0 bridgehead atoms. The van der Waals surface area contributed by atoms with Crippen molar-refractivity contribution in [2.45, 2.75) is 40.2 Å². The second-order valence-electron chi connectivity index (χ2n) is 6.03. The summed E-state index contributed by atoms with van der Waals surface area (Å²) in [6.45, 7) is 9.05. The van der Waals surface area contributed by atoms with E-state index < -0.39 is 0 Å². The second kappa shape index (κ2) is 9.35. The highest BCUT2D eigenvalue weighted by molar-refractivity contribution is 5.95. The van der Waals surface area contributed by atoms with Gasteiger partial charge in [-0.2, -0.15) is 0 Å². The van der Waals surface area contributed by atoms with Gasteiger partial charge in [-0.25, -0.2) is 0 Å². The summed E-state index contributed by atoms with van der Waals surface area (Å²) >= 11 is 0. The van der Waals surface area contributed by atoms with Crippen LogP contribution < -0.4 is 5.32 Å². The van der Waals surface area contributed by atoms with E-state index in [4.69, 9.17) is 9.15 Å². The molecule has 1 aromatic rings. The molecule has 1 rings (SSSR count). The van der Waals surface area contributed by atoms with Gasteiger partial charge in [-0.15, -0.1) is 0 Å². The maximum Gasteiger partial charge on any atom is 0.257 e. The van der Waals surface area contributed by atoms with E-state index in [0.29, 0.717) is 36.9 Å². The predicted molar refractivity (Wildman–Crippen MR) is 88.3 cm³/mol. The van der Waals surface area contributed by atoms with Gasteiger partial charge < -0.3 is 19.4 Å². The van der Waals surface area contributed by atoms with Crippen LogP contribution in [0.3, 0.4) is 0 Å². The number of carbonyl (C=O) groups excluding carboxylic acids is 2. The molecule has 2 amide bonds. The van der Waals surface area contributed by atoms with E-state index in [2.05, 4.69) is 19.2 Å². The van der Waals surface area contributed by atoms with E-state index >= 15 is 0 Å². The average molecular weight is 324 g/mol. The predicted octanol–water partition coefficient (Wildman–Crippen LogP) is 2.23. The number of nitrogens with zero attached hydrogens (tertiary/aromatic N) is 1. The van der Waals surface area contributed by atoms with Gasteiger partial charge in [0.1, 0.15) is 5.76 Å². The summed E-state index contributed by atoms with van der Waals surface area (Å²) in [6, 6.07) is 1.76. The molecule has 6 heteroatoms. The van der Waals surface area contributed by atoms with Crippen molar-refractivity contribution in [1.82, 2.24) is 10.2 Å². The zero-order chi connectivity index (χ0) is 17.4. The molecule has 0 spiro atoms. The Morgan fingerprint density at radius 2 is 2.00 bits per heavy atom. The van der Waals surface area contributed by atoms with E-state index in [1.54, 1.807) is 25.0 Å². The monoisotopic (exact) mass is 324 g/mol. The van der Waals surface area contributed by atoms with Crippen molar-refractivity contribution in [2.24, 2.45) is 5.92 Å². The Morgan fingerprint density at radius 3 is 2.52 bits per heavy atom. The number of hydrogen-bond acceptors (Lipinski definition) is 4. The van der Waals surface area contributed by atoms with Crippen LogP contribution >= 0.6 is 0 Å². The van der Waals surface area contributed by atoms with Gasteiger partial charge in [-0.1, -0.05) is 13.8 Å². The van der Waals surface area contributed by atoms with Gasteiger partial charge in [0.25, 0.3) is 5.91 Å². The van der Waals surface area contributed by atoms with Gasteiger partial charge >= 0.3 is 0 Å². The van der Waals surface area contributed by atoms with Crippen LogP contribution in [0.2, 0.25) is 0 Å². The Bertz CT molecular complexity index is 510. The number of rotatable bonds is 9. The topological polar surface area (TPSA) is 71.8 Å². The van der Waals surface area contributed by atoms with Crippen LogP contribution in [0, 0.1) is 12.8 Å². The number of nitrogens with one attached hydrogen (secondary N) is 1. The molecule has 6 nitrogen and oxygen atoms in total. The van der Waals surface area contributed by atoms with Crippen LogP contribution in [0.1, 0.15) is 43.3 Å². The molecule has 23 heavy (non-hydrogen) atoms. The third kappa shape index (κ3) is 6.06. The molecule has 1 N–H and O–H groups in total. The van der Waals surface area contributed by atoms with Crippen LogP contribution in [0.5, 0.6) is 0 Å². The molecular formula is C17H28N2O4. The van der Waals surface area contributed by atoms with Crippen molar-refractivity contribution >= 4 is 11.8 Å². The Hall–Kier alpha value is -1.82. The van der Waals surface area contributed by atoms with E-state index in [1.807, 2.05) is 6.92 Å². The summed E-state index contributed by atoms with van der Waals surface area (Å²) < 4.78 is 10.2. The minimum atomic E-state index is -0.141. The Morgan fingerprint density at radius 1 is 1.30 bits per heavy atom. The molecule has 1 heterocycles. The first kappa shape index (κ1) is 19.2. The van der Waals surface area contributed by atoms with E-state index in [1.165, 1.54) is 6.26 Å². The fourth-order valence-electron chi connectivity index (χ4n) is 2.02. The molecule has 0 aliphatic carbocycles. The lowest BCUT2D eigenvalue weighted by Gasteiger charge is -2.23.